The molecule has 1 heteroatoms. The molecule has 0 saturated heterocycles. The SMILES string of the molecule is C=C(C)C1=C(N=CC)CCC1.CC.CC. The highest BCUT2D eigenvalue weighted by Gasteiger charge is 2.13. The third kappa shape index (κ3) is 6.27. The van der Waals surface area contributed by atoms with E-state index in [2.05, 4.69) is 18.5 Å². The summed E-state index contributed by atoms with van der Waals surface area (Å²) in [5.74, 6) is 0. The Morgan fingerprint density at radius 1 is 1.20 bits per heavy atom. The maximum absolute atomic E-state index is 4.32. The Balaban J connectivity index is 0. The predicted octanol–water partition coefficient (Wildman–Crippen LogP) is 5.14. The Morgan fingerprint density at radius 2 is 1.73 bits per heavy atom. The van der Waals surface area contributed by atoms with Crippen molar-refractivity contribution in [3.63, 3.8) is 0 Å². The van der Waals surface area contributed by atoms with Gasteiger partial charge in [-0.2, -0.15) is 0 Å². The molecule has 1 aliphatic rings. The van der Waals surface area contributed by atoms with E-state index in [-0.39, 0.29) is 0 Å². The van der Waals surface area contributed by atoms with Crippen LogP contribution < -0.4 is 0 Å². The molecule has 0 N–H and O–H groups in total. The van der Waals surface area contributed by atoms with Crippen molar-refractivity contribution >= 4 is 6.21 Å². The Morgan fingerprint density at radius 3 is 2.13 bits per heavy atom. The van der Waals surface area contributed by atoms with Crippen LogP contribution >= 0.6 is 0 Å². The predicted molar refractivity (Wildman–Crippen MR) is 72.6 cm³/mol. The number of hydrogen-bond acceptors (Lipinski definition) is 1. The topological polar surface area (TPSA) is 12.4 Å². The molecule has 88 valence electrons. The maximum atomic E-state index is 4.32. The van der Waals surface area contributed by atoms with Gasteiger partial charge in [0.15, 0.2) is 0 Å². The average molecular weight is 209 g/mol. The Bertz CT molecular complexity index is 221. The molecular formula is C14H27N. The standard InChI is InChI=1S/C10H15N.2C2H6/c1-4-11-10-7-5-6-9(10)8(2)3;2*1-2/h4H,2,5-7H2,1,3H3;2*1-2H3. The normalized spacial score (nSPS) is 14.3. The molecule has 0 fully saturated rings. The zero-order chi connectivity index (χ0) is 12.3. The summed E-state index contributed by atoms with van der Waals surface area (Å²) in [5.41, 5.74) is 3.81. The van der Waals surface area contributed by atoms with Crippen molar-refractivity contribution in [2.45, 2.75) is 60.8 Å². The zero-order valence-corrected chi connectivity index (χ0v) is 11.4. The van der Waals surface area contributed by atoms with Crippen molar-refractivity contribution in [1.82, 2.24) is 0 Å². The molecule has 0 aromatic carbocycles. The van der Waals surface area contributed by atoms with Gasteiger partial charge in [-0.25, -0.2) is 0 Å². The Labute approximate surface area is 96.0 Å². The van der Waals surface area contributed by atoms with Gasteiger partial charge in [0.1, 0.15) is 0 Å². The lowest BCUT2D eigenvalue weighted by molar-refractivity contribution is 0.891. The quantitative estimate of drug-likeness (QED) is 0.558. The molecule has 0 bridgehead atoms. The molecule has 0 saturated carbocycles. The minimum absolute atomic E-state index is 1.13. The molecule has 1 aliphatic carbocycles. The lowest BCUT2D eigenvalue weighted by Gasteiger charge is -2.00. The Hall–Kier alpha value is -0.850. The molecule has 1 nitrogen and oxygen atoms in total. The fourth-order valence-electron chi connectivity index (χ4n) is 1.49. The zero-order valence-electron chi connectivity index (χ0n) is 11.4. The van der Waals surface area contributed by atoms with Gasteiger partial charge < -0.3 is 0 Å². The lowest BCUT2D eigenvalue weighted by Crippen LogP contribution is -1.81. The number of nitrogens with zero attached hydrogens (tertiary/aromatic N) is 1. The van der Waals surface area contributed by atoms with Crippen LogP contribution in [0.5, 0.6) is 0 Å². The number of aliphatic imine (C=N–C) groups is 1. The highest BCUT2D eigenvalue weighted by Crippen LogP contribution is 2.30. The van der Waals surface area contributed by atoms with Crippen molar-refractivity contribution in [2.75, 3.05) is 0 Å². The molecular weight excluding hydrogens is 182 g/mol. The van der Waals surface area contributed by atoms with Crippen molar-refractivity contribution in [3.05, 3.63) is 23.4 Å². The van der Waals surface area contributed by atoms with Crippen LogP contribution in [0.2, 0.25) is 0 Å². The minimum Gasteiger partial charge on any atom is -0.266 e. The number of hydrogen-bond donors (Lipinski definition) is 0. The molecule has 0 aromatic heterocycles. The van der Waals surface area contributed by atoms with E-state index in [0.29, 0.717) is 0 Å². The van der Waals surface area contributed by atoms with Gasteiger partial charge in [0.05, 0.1) is 0 Å². The number of allylic oxidation sites excluding steroid dienone is 3. The van der Waals surface area contributed by atoms with Gasteiger partial charge in [-0.05, 0) is 38.7 Å². The first-order chi connectivity index (χ1) is 7.25. The van der Waals surface area contributed by atoms with Crippen molar-refractivity contribution in [3.8, 4) is 0 Å². The third-order valence-electron chi connectivity index (χ3n) is 1.99. The van der Waals surface area contributed by atoms with Crippen LogP contribution in [0.3, 0.4) is 0 Å². The summed E-state index contributed by atoms with van der Waals surface area (Å²) >= 11 is 0. The smallest absolute Gasteiger partial charge is 0.0434 e. The van der Waals surface area contributed by atoms with E-state index in [1.807, 2.05) is 40.8 Å². The summed E-state index contributed by atoms with van der Waals surface area (Å²) in [6, 6.07) is 0. The molecule has 0 aliphatic heterocycles. The van der Waals surface area contributed by atoms with Crippen molar-refractivity contribution in [1.29, 1.82) is 0 Å². The van der Waals surface area contributed by atoms with Gasteiger partial charge in [-0.3, -0.25) is 4.99 Å². The van der Waals surface area contributed by atoms with E-state index >= 15 is 0 Å². The molecule has 15 heavy (non-hydrogen) atoms. The summed E-state index contributed by atoms with van der Waals surface area (Å²) in [6.45, 7) is 16.0. The van der Waals surface area contributed by atoms with Crippen LogP contribution in [0.25, 0.3) is 0 Å². The largest absolute Gasteiger partial charge is 0.266 e. The first-order valence-electron chi connectivity index (χ1n) is 6.12. The van der Waals surface area contributed by atoms with E-state index in [0.717, 1.165) is 6.42 Å². The first-order valence-corrected chi connectivity index (χ1v) is 6.12. The van der Waals surface area contributed by atoms with E-state index in [1.165, 1.54) is 29.7 Å². The summed E-state index contributed by atoms with van der Waals surface area (Å²) in [6.07, 6.45) is 5.41. The van der Waals surface area contributed by atoms with E-state index in [9.17, 15) is 0 Å². The number of rotatable bonds is 2. The third-order valence-corrected chi connectivity index (χ3v) is 1.99. The molecule has 1 rings (SSSR count). The highest BCUT2D eigenvalue weighted by molar-refractivity contribution is 5.56. The van der Waals surface area contributed by atoms with Crippen molar-refractivity contribution < 1.29 is 0 Å². The van der Waals surface area contributed by atoms with Crippen LogP contribution in [-0.4, -0.2) is 6.21 Å². The van der Waals surface area contributed by atoms with Crippen molar-refractivity contribution in [2.24, 2.45) is 4.99 Å². The molecule has 0 heterocycles. The van der Waals surface area contributed by atoms with Crippen LogP contribution in [0.15, 0.2) is 28.4 Å². The van der Waals surface area contributed by atoms with Gasteiger partial charge in [-0.1, -0.05) is 39.8 Å². The molecule has 0 spiro atoms. The summed E-state index contributed by atoms with van der Waals surface area (Å²) in [7, 11) is 0. The summed E-state index contributed by atoms with van der Waals surface area (Å²) in [4.78, 5) is 4.32. The second-order valence-electron chi connectivity index (χ2n) is 2.95. The fourth-order valence-corrected chi connectivity index (χ4v) is 1.49. The monoisotopic (exact) mass is 209 g/mol. The van der Waals surface area contributed by atoms with Gasteiger partial charge in [0.2, 0.25) is 0 Å². The minimum atomic E-state index is 1.13. The lowest BCUT2D eigenvalue weighted by atomic mass is 10.1. The molecule has 0 unspecified atom stereocenters. The van der Waals surface area contributed by atoms with Crippen LogP contribution in [0, 0.1) is 0 Å². The van der Waals surface area contributed by atoms with Gasteiger partial charge in [-0.15, -0.1) is 0 Å². The van der Waals surface area contributed by atoms with Gasteiger partial charge in [0.25, 0.3) is 0 Å². The highest BCUT2D eigenvalue weighted by atomic mass is 14.7. The van der Waals surface area contributed by atoms with Gasteiger partial charge >= 0.3 is 0 Å². The van der Waals surface area contributed by atoms with Crippen LogP contribution in [0.1, 0.15) is 60.8 Å². The van der Waals surface area contributed by atoms with Gasteiger partial charge in [0, 0.05) is 11.9 Å². The van der Waals surface area contributed by atoms with E-state index in [1.54, 1.807) is 0 Å². The first kappa shape index (κ1) is 16.6. The Kier molecular flexibility index (Phi) is 12.4. The average Bonchev–Trinajstić information content (AvgIpc) is 2.73. The second kappa shape index (κ2) is 11.2. The van der Waals surface area contributed by atoms with E-state index < -0.39 is 0 Å². The van der Waals surface area contributed by atoms with Crippen LogP contribution in [0.4, 0.5) is 0 Å². The molecule has 0 atom stereocenters. The van der Waals surface area contributed by atoms with E-state index in [4.69, 9.17) is 0 Å². The second-order valence-corrected chi connectivity index (χ2v) is 2.95. The summed E-state index contributed by atoms with van der Waals surface area (Å²) < 4.78 is 0. The summed E-state index contributed by atoms with van der Waals surface area (Å²) in [5, 5.41) is 0. The molecule has 0 amide bonds. The molecule has 0 radical (unpaired) electrons. The fraction of sp³-hybridized carbons (Fsp3) is 0.643. The maximum Gasteiger partial charge on any atom is 0.0434 e. The van der Waals surface area contributed by atoms with Crippen LogP contribution in [-0.2, 0) is 0 Å². The molecule has 0 aromatic rings.